The van der Waals surface area contributed by atoms with Gasteiger partial charge in [-0.25, -0.2) is 4.98 Å². The summed E-state index contributed by atoms with van der Waals surface area (Å²) < 4.78 is 5.22. The second-order valence-electron chi connectivity index (χ2n) is 5.21. The Balaban J connectivity index is 1.84. The summed E-state index contributed by atoms with van der Waals surface area (Å²) in [6, 6.07) is 15.3. The molecule has 3 aromatic rings. The lowest BCUT2D eigenvalue weighted by atomic mass is 10.1. The number of benzene rings is 2. The molecule has 0 saturated heterocycles. The molecule has 1 aromatic heterocycles. The molecule has 0 fully saturated rings. The summed E-state index contributed by atoms with van der Waals surface area (Å²) in [5.41, 5.74) is 2.74. The van der Waals surface area contributed by atoms with Crippen LogP contribution in [0.25, 0.3) is 11.0 Å². The molecule has 0 spiro atoms. The highest BCUT2D eigenvalue weighted by Gasteiger charge is 2.24. The maximum Gasteiger partial charge on any atom is 0.319 e. The molecular weight excluding hydrogens is 344 g/mol. The van der Waals surface area contributed by atoms with Crippen LogP contribution in [0.2, 0.25) is 5.02 Å². The first-order chi connectivity index (χ1) is 11.7. The normalized spacial score (nSPS) is 12.2. The van der Waals surface area contributed by atoms with E-state index in [1.54, 1.807) is 6.92 Å². The van der Waals surface area contributed by atoms with E-state index in [0.717, 1.165) is 16.6 Å². The number of aromatic nitrogens is 2. The average molecular weight is 361 g/mol. The minimum atomic E-state index is -0.412. The summed E-state index contributed by atoms with van der Waals surface area (Å²) in [6.45, 7) is 2.15. The number of carbonyl (C=O) groups is 1. The van der Waals surface area contributed by atoms with Crippen molar-refractivity contribution >= 4 is 40.4 Å². The third kappa shape index (κ3) is 3.91. The first-order valence-corrected chi connectivity index (χ1v) is 8.94. The zero-order chi connectivity index (χ0) is 16.9. The van der Waals surface area contributed by atoms with Crippen LogP contribution in [0.1, 0.15) is 12.5 Å². The van der Waals surface area contributed by atoms with Crippen LogP contribution in [-0.2, 0) is 16.0 Å². The Morgan fingerprint density at radius 1 is 1.25 bits per heavy atom. The monoisotopic (exact) mass is 360 g/mol. The van der Waals surface area contributed by atoms with Crippen molar-refractivity contribution in [2.24, 2.45) is 0 Å². The second-order valence-corrected chi connectivity index (χ2v) is 6.81. The minimum Gasteiger partial charge on any atom is -0.465 e. The number of carbonyl (C=O) groups excluding carboxylic acids is 1. The molecule has 2 aromatic carbocycles. The van der Waals surface area contributed by atoms with Gasteiger partial charge in [0.1, 0.15) is 5.25 Å². The first kappa shape index (κ1) is 16.9. The lowest BCUT2D eigenvalue weighted by Gasteiger charge is -2.14. The SMILES string of the molecule is CCOC(=O)[C@@H](Cc1ccccc1Cl)Sc1nc2ccccc2[nH]1. The molecule has 1 N–H and O–H groups in total. The van der Waals surface area contributed by atoms with Crippen molar-refractivity contribution in [3.63, 3.8) is 0 Å². The van der Waals surface area contributed by atoms with Crippen molar-refractivity contribution < 1.29 is 9.53 Å². The average Bonchev–Trinajstić information content (AvgIpc) is 2.99. The number of aromatic amines is 1. The quantitative estimate of drug-likeness (QED) is 0.520. The number of hydrogen-bond donors (Lipinski definition) is 1. The molecule has 1 heterocycles. The lowest BCUT2D eigenvalue weighted by Crippen LogP contribution is -2.23. The number of ether oxygens (including phenoxy) is 1. The zero-order valence-corrected chi connectivity index (χ0v) is 14.7. The van der Waals surface area contributed by atoms with Gasteiger partial charge < -0.3 is 9.72 Å². The van der Waals surface area contributed by atoms with Crippen LogP contribution in [0.15, 0.2) is 53.7 Å². The zero-order valence-electron chi connectivity index (χ0n) is 13.2. The van der Waals surface area contributed by atoms with E-state index in [2.05, 4.69) is 9.97 Å². The van der Waals surface area contributed by atoms with E-state index >= 15 is 0 Å². The molecule has 4 nitrogen and oxygen atoms in total. The van der Waals surface area contributed by atoms with Gasteiger partial charge in [-0.05, 0) is 37.1 Å². The summed E-state index contributed by atoms with van der Waals surface area (Å²) in [5, 5.41) is 0.934. The van der Waals surface area contributed by atoms with E-state index in [1.807, 2.05) is 48.5 Å². The number of rotatable bonds is 6. The third-order valence-corrected chi connectivity index (χ3v) is 4.96. The van der Waals surface area contributed by atoms with Gasteiger partial charge in [0, 0.05) is 5.02 Å². The van der Waals surface area contributed by atoms with Crippen molar-refractivity contribution in [3.05, 3.63) is 59.1 Å². The number of hydrogen-bond acceptors (Lipinski definition) is 4. The number of thioether (sulfide) groups is 1. The molecule has 124 valence electrons. The standard InChI is InChI=1S/C18H17ClN2O2S/c1-2-23-17(22)16(11-12-7-3-4-8-13(12)19)24-18-20-14-9-5-6-10-15(14)21-18/h3-10,16H,2,11H2,1H3,(H,20,21)/t16-/m1/s1. The van der Waals surface area contributed by atoms with Crippen molar-refractivity contribution in [2.45, 2.75) is 23.8 Å². The van der Waals surface area contributed by atoms with Gasteiger partial charge in [0.15, 0.2) is 5.16 Å². The van der Waals surface area contributed by atoms with Crippen LogP contribution in [0.5, 0.6) is 0 Å². The minimum absolute atomic E-state index is 0.261. The Bertz CT molecular complexity index is 817. The fourth-order valence-corrected chi connectivity index (χ4v) is 3.62. The van der Waals surface area contributed by atoms with Gasteiger partial charge in [0.05, 0.1) is 17.6 Å². The number of halogens is 1. The van der Waals surface area contributed by atoms with Gasteiger partial charge in [-0.15, -0.1) is 0 Å². The van der Waals surface area contributed by atoms with Crippen LogP contribution in [0.4, 0.5) is 0 Å². The van der Waals surface area contributed by atoms with Crippen LogP contribution >= 0.6 is 23.4 Å². The summed E-state index contributed by atoms with van der Waals surface area (Å²) >= 11 is 7.60. The van der Waals surface area contributed by atoms with Gasteiger partial charge in [-0.3, -0.25) is 4.79 Å². The molecule has 0 bridgehead atoms. The number of fused-ring (bicyclic) bond motifs is 1. The number of nitrogens with zero attached hydrogens (tertiary/aromatic N) is 1. The van der Waals surface area contributed by atoms with E-state index in [1.165, 1.54) is 11.8 Å². The van der Waals surface area contributed by atoms with Crippen LogP contribution in [0, 0.1) is 0 Å². The number of H-pyrrole nitrogens is 1. The predicted molar refractivity (Wildman–Crippen MR) is 97.5 cm³/mol. The van der Waals surface area contributed by atoms with E-state index in [-0.39, 0.29) is 5.97 Å². The second kappa shape index (κ2) is 7.73. The van der Waals surface area contributed by atoms with Gasteiger partial charge in [-0.1, -0.05) is 53.7 Å². The molecule has 0 unspecified atom stereocenters. The van der Waals surface area contributed by atoms with Crippen LogP contribution in [0.3, 0.4) is 0 Å². The molecule has 6 heteroatoms. The fourth-order valence-electron chi connectivity index (χ4n) is 2.39. The number of para-hydroxylation sites is 2. The Morgan fingerprint density at radius 3 is 2.75 bits per heavy atom. The van der Waals surface area contributed by atoms with Crippen molar-refractivity contribution in [3.8, 4) is 0 Å². The van der Waals surface area contributed by atoms with E-state index in [9.17, 15) is 4.79 Å². The van der Waals surface area contributed by atoms with Crippen LogP contribution < -0.4 is 0 Å². The van der Waals surface area contributed by atoms with Crippen molar-refractivity contribution in [2.75, 3.05) is 6.61 Å². The highest BCUT2D eigenvalue weighted by Crippen LogP contribution is 2.28. The summed E-state index contributed by atoms with van der Waals surface area (Å²) in [5.74, 6) is -0.261. The summed E-state index contributed by atoms with van der Waals surface area (Å²) in [4.78, 5) is 20.1. The highest BCUT2D eigenvalue weighted by atomic mass is 35.5. The number of imidazole rings is 1. The van der Waals surface area contributed by atoms with Crippen LogP contribution in [-0.4, -0.2) is 27.8 Å². The molecule has 0 aliphatic rings. The molecule has 0 radical (unpaired) electrons. The molecule has 0 aliphatic heterocycles. The molecule has 1 atom stereocenters. The highest BCUT2D eigenvalue weighted by molar-refractivity contribution is 8.00. The van der Waals surface area contributed by atoms with E-state index in [4.69, 9.17) is 16.3 Å². The van der Waals surface area contributed by atoms with Crippen molar-refractivity contribution in [1.82, 2.24) is 9.97 Å². The predicted octanol–water partition coefficient (Wildman–Crippen LogP) is 4.48. The molecule has 3 rings (SSSR count). The van der Waals surface area contributed by atoms with Gasteiger partial charge in [0.25, 0.3) is 0 Å². The third-order valence-electron chi connectivity index (χ3n) is 3.53. The largest absolute Gasteiger partial charge is 0.465 e. The number of esters is 1. The van der Waals surface area contributed by atoms with Crippen molar-refractivity contribution in [1.29, 1.82) is 0 Å². The van der Waals surface area contributed by atoms with Gasteiger partial charge in [-0.2, -0.15) is 0 Å². The first-order valence-electron chi connectivity index (χ1n) is 7.69. The molecule has 0 aliphatic carbocycles. The van der Waals surface area contributed by atoms with E-state index < -0.39 is 5.25 Å². The van der Waals surface area contributed by atoms with Gasteiger partial charge in [0.2, 0.25) is 0 Å². The Morgan fingerprint density at radius 2 is 2.00 bits per heavy atom. The van der Waals surface area contributed by atoms with E-state index in [0.29, 0.717) is 23.2 Å². The van der Waals surface area contributed by atoms with Gasteiger partial charge >= 0.3 is 5.97 Å². The molecule has 0 amide bonds. The Labute approximate surface area is 149 Å². The summed E-state index contributed by atoms with van der Waals surface area (Å²) in [6.07, 6.45) is 0.486. The summed E-state index contributed by atoms with van der Waals surface area (Å²) in [7, 11) is 0. The molecular formula is C18H17ClN2O2S. The Kier molecular flexibility index (Phi) is 5.43. The Hall–Kier alpha value is -1.98. The maximum atomic E-state index is 12.4. The maximum absolute atomic E-state index is 12.4. The smallest absolute Gasteiger partial charge is 0.319 e. The fraction of sp³-hybridized carbons (Fsp3) is 0.222. The lowest BCUT2D eigenvalue weighted by molar-refractivity contribution is -0.142. The molecule has 0 saturated carbocycles. The number of nitrogens with one attached hydrogen (secondary N) is 1. The topological polar surface area (TPSA) is 55.0 Å². The molecule has 24 heavy (non-hydrogen) atoms.